The van der Waals surface area contributed by atoms with Gasteiger partial charge in [-0.1, -0.05) is 0 Å². The van der Waals surface area contributed by atoms with Gasteiger partial charge in [0.2, 0.25) is 0 Å². The molecular weight excluding hydrogens is 257 g/mol. The Hall–Kier alpha value is 1.38. The van der Waals surface area contributed by atoms with Gasteiger partial charge in [0.25, 0.3) is 0 Å². The van der Waals surface area contributed by atoms with E-state index < -0.39 is 7.82 Å². The Kier molecular flexibility index (Phi) is 5.87. The third-order valence-corrected chi connectivity index (χ3v) is 0. The molecule has 0 aromatic rings. The summed E-state index contributed by atoms with van der Waals surface area (Å²) in [6, 6.07) is 0. The predicted octanol–water partition coefficient (Wildman–Crippen LogP) is -2.82. The van der Waals surface area contributed by atoms with Crippen LogP contribution in [-0.2, 0) is 4.57 Å². The van der Waals surface area contributed by atoms with Crippen LogP contribution in [0.4, 0.5) is 0 Å². The second-order valence-corrected chi connectivity index (χ2v) is 1.34. The summed E-state index contributed by atoms with van der Waals surface area (Å²) in [5.74, 6) is 0. The zero-order valence-electron chi connectivity index (χ0n) is 2.40. The minimum atomic E-state index is -5.39. The minimum Gasteiger partial charge on any atom is -0.822 e. The Morgan fingerprint density at radius 1 is 1.17 bits per heavy atom. The van der Waals surface area contributed by atoms with Crippen LogP contribution in [0.3, 0.4) is 0 Å². The number of hydrogen-bond acceptors (Lipinski definition) is 4. The number of phosphoric acid groups is 1. The van der Waals surface area contributed by atoms with E-state index in [9.17, 15) is 0 Å². The molecule has 0 amide bonds. The molecule has 0 bridgehead atoms. The number of rotatable bonds is 0. The van der Waals surface area contributed by atoms with Gasteiger partial charge >= 0.3 is 0 Å². The molecule has 0 aliphatic heterocycles. The van der Waals surface area contributed by atoms with Crippen LogP contribution in [0.5, 0.6) is 0 Å². The fourth-order valence-electron chi connectivity index (χ4n) is 0. The van der Waals surface area contributed by atoms with E-state index in [0.717, 1.165) is 0 Å². The average molecular weight is 257 g/mol. The predicted molar refractivity (Wildman–Crippen MR) is 7.61 cm³/mol. The molecule has 0 aliphatic rings. The molecule has 0 fully saturated rings. The van der Waals surface area contributed by atoms with Crippen molar-refractivity contribution in [2.24, 2.45) is 0 Å². The van der Waals surface area contributed by atoms with Crippen LogP contribution in [0.1, 0.15) is 0 Å². The molecule has 0 aromatic carbocycles. The van der Waals surface area contributed by atoms with Crippen LogP contribution in [0, 0.1) is 38.2 Å². The molecule has 0 saturated heterocycles. The van der Waals surface area contributed by atoms with Crippen molar-refractivity contribution in [1.82, 2.24) is 0 Å². The van der Waals surface area contributed by atoms with E-state index in [2.05, 4.69) is 0 Å². The molecule has 0 heterocycles. The molecule has 0 aromatic heterocycles. The van der Waals surface area contributed by atoms with Crippen molar-refractivity contribution >= 4 is 7.82 Å². The van der Waals surface area contributed by atoms with Crippen molar-refractivity contribution in [3.05, 3.63) is 0 Å². The van der Waals surface area contributed by atoms with Gasteiger partial charge in [0, 0.05) is 38.2 Å². The fraction of sp³-hybridized carbons (Fsp3) is 0. The van der Waals surface area contributed by atoms with Gasteiger partial charge in [-0.15, -0.1) is 0 Å². The van der Waals surface area contributed by atoms with Gasteiger partial charge in [-0.25, -0.2) is 0 Å². The van der Waals surface area contributed by atoms with Crippen molar-refractivity contribution in [3.8, 4) is 0 Å². The quantitative estimate of drug-likeness (QED) is 0.438. The van der Waals surface area contributed by atoms with Crippen LogP contribution in [-0.4, -0.2) is 0 Å². The molecule has 0 N–H and O–H groups in total. The normalized spacial score (nSPS) is 9.83. The first-order chi connectivity index (χ1) is 2.00. The van der Waals surface area contributed by atoms with E-state index in [-0.39, 0.29) is 38.2 Å². The zero-order chi connectivity index (χ0) is 4.50. The smallest absolute Gasteiger partial charge is 0 e. The van der Waals surface area contributed by atoms with E-state index in [1.807, 2.05) is 0 Å². The van der Waals surface area contributed by atoms with Gasteiger partial charge < -0.3 is 19.2 Å². The van der Waals surface area contributed by atoms with Gasteiger partial charge in [0.15, 0.2) is 0 Å². The minimum absolute atomic E-state index is 0. The summed E-state index contributed by atoms with van der Waals surface area (Å²) in [6.07, 6.45) is 0. The van der Waals surface area contributed by atoms with E-state index in [1.165, 1.54) is 0 Å². The molecule has 0 saturated carbocycles. The molecule has 6 heavy (non-hydrogen) atoms. The maximum Gasteiger partial charge on any atom is 0 e. The van der Waals surface area contributed by atoms with Gasteiger partial charge in [-0.2, -0.15) is 7.82 Å². The van der Waals surface area contributed by atoms with E-state index in [1.54, 1.807) is 0 Å². The monoisotopic (exact) mass is 259 g/mol. The van der Waals surface area contributed by atoms with Crippen LogP contribution in [0.15, 0.2) is 0 Å². The second kappa shape index (κ2) is 3.39. The van der Waals surface area contributed by atoms with Crippen molar-refractivity contribution in [2.45, 2.75) is 0 Å². The number of hydrogen-bond donors (Lipinski definition) is 0. The van der Waals surface area contributed by atoms with Crippen LogP contribution in [0.2, 0.25) is 0 Å². The molecule has 0 radical (unpaired) electrons. The van der Waals surface area contributed by atoms with Crippen molar-refractivity contribution in [1.29, 1.82) is 0 Å². The maximum atomic E-state index is 8.55. The first-order valence-electron chi connectivity index (χ1n) is 0.730. The van der Waals surface area contributed by atoms with Crippen LogP contribution in [0.25, 0.3) is 0 Å². The summed E-state index contributed by atoms with van der Waals surface area (Å²) in [4.78, 5) is 25.6. The van der Waals surface area contributed by atoms with Crippen LogP contribution < -0.4 is 14.7 Å². The van der Waals surface area contributed by atoms with E-state index in [0.29, 0.717) is 0 Å². The first-order valence-corrected chi connectivity index (χ1v) is 2.19. The largest absolute Gasteiger partial charge is 0.822 e. The fourth-order valence-corrected chi connectivity index (χ4v) is 0. The first kappa shape index (κ1) is 10.4. The average Bonchev–Trinajstić information content (AvgIpc) is 0.722. The molecule has 0 unspecified atom stereocenters. The van der Waals surface area contributed by atoms with Gasteiger partial charge in [-0.05, 0) is 0 Å². The molecule has 0 spiro atoms. The zero-order valence-corrected chi connectivity index (χ0v) is 5.32. The van der Waals surface area contributed by atoms with Crippen molar-refractivity contribution < 1.29 is 57.4 Å². The molecular formula is DyO4P-3. The SMILES string of the molecule is O=P([O-])([O-])[O-].[Dy]. The van der Waals surface area contributed by atoms with E-state index >= 15 is 0 Å². The molecule has 6 heteroatoms. The standard InChI is InChI=1S/Dy.H3O4P/c;1-5(2,3)4/h;(H3,1,2,3,4)/p-3. The summed E-state index contributed by atoms with van der Waals surface area (Å²) in [6.45, 7) is 0. The maximum absolute atomic E-state index is 8.55. The summed E-state index contributed by atoms with van der Waals surface area (Å²) >= 11 is 0. The van der Waals surface area contributed by atoms with Gasteiger partial charge in [0.1, 0.15) is 0 Å². The van der Waals surface area contributed by atoms with Crippen LogP contribution >= 0.6 is 7.82 Å². The summed E-state index contributed by atoms with van der Waals surface area (Å²) in [5.41, 5.74) is 0. The Morgan fingerprint density at radius 2 is 1.17 bits per heavy atom. The summed E-state index contributed by atoms with van der Waals surface area (Å²) in [5, 5.41) is 0. The Balaban J connectivity index is 0. The molecule has 42 valence electrons. The van der Waals surface area contributed by atoms with Crippen molar-refractivity contribution in [3.63, 3.8) is 0 Å². The molecule has 4 nitrogen and oxygen atoms in total. The molecule has 0 rings (SSSR count). The van der Waals surface area contributed by atoms with Crippen molar-refractivity contribution in [2.75, 3.05) is 0 Å². The Bertz CT molecular complexity index is 53.7. The van der Waals surface area contributed by atoms with Gasteiger partial charge in [0.05, 0.1) is 0 Å². The molecule has 0 atom stereocenters. The third kappa shape index (κ3) is 54.1. The third-order valence-electron chi connectivity index (χ3n) is 0. The Labute approximate surface area is 64.8 Å². The van der Waals surface area contributed by atoms with Gasteiger partial charge in [-0.3, -0.25) is 0 Å². The van der Waals surface area contributed by atoms with E-state index in [4.69, 9.17) is 19.2 Å². The topological polar surface area (TPSA) is 86.2 Å². The Morgan fingerprint density at radius 3 is 1.17 bits per heavy atom. The second-order valence-electron chi connectivity index (χ2n) is 0.447. The summed E-state index contributed by atoms with van der Waals surface area (Å²) in [7, 11) is -5.39. The summed E-state index contributed by atoms with van der Waals surface area (Å²) < 4.78 is 8.55. The molecule has 0 aliphatic carbocycles.